The largest absolute Gasteiger partial charge is 0.356 e. The summed E-state index contributed by atoms with van der Waals surface area (Å²) in [5.41, 5.74) is 8.04. The van der Waals surface area contributed by atoms with E-state index in [1.165, 1.54) is 33.8 Å². The van der Waals surface area contributed by atoms with Crippen molar-refractivity contribution >= 4 is 11.4 Å². The van der Waals surface area contributed by atoms with Gasteiger partial charge < -0.3 is 9.80 Å². The maximum absolute atomic E-state index is 2.46. The van der Waals surface area contributed by atoms with Crippen molar-refractivity contribution in [2.75, 3.05) is 23.5 Å². The minimum atomic E-state index is 0.866. The van der Waals surface area contributed by atoms with Crippen LogP contribution in [0.25, 0.3) is 11.1 Å². The molecule has 0 radical (unpaired) electrons. The lowest BCUT2D eigenvalue weighted by molar-refractivity contribution is 0.835. The number of para-hydroxylation sites is 2. The topological polar surface area (TPSA) is 6.48 Å². The number of anilines is 2. The van der Waals surface area contributed by atoms with Crippen molar-refractivity contribution in [1.82, 2.24) is 0 Å². The summed E-state index contributed by atoms with van der Waals surface area (Å²) in [6.07, 6.45) is 6.89. The molecule has 0 unspecified atom stereocenters. The zero-order chi connectivity index (χ0) is 15.8. The first-order valence-electron chi connectivity index (χ1n) is 8.29. The predicted molar refractivity (Wildman–Crippen MR) is 98.7 cm³/mol. The summed E-state index contributed by atoms with van der Waals surface area (Å²) in [4.78, 5) is 4.80. The zero-order valence-electron chi connectivity index (χ0n) is 13.8. The Morgan fingerprint density at radius 3 is 2.26 bits per heavy atom. The molecule has 1 heterocycles. The van der Waals surface area contributed by atoms with Gasteiger partial charge in [-0.2, -0.15) is 0 Å². The third-order valence-corrected chi connectivity index (χ3v) is 4.84. The number of hydrogen-bond donors (Lipinski definition) is 0. The summed E-state index contributed by atoms with van der Waals surface area (Å²) < 4.78 is 0. The molecule has 0 bridgehead atoms. The SMILES string of the molecule is CC1=C(N2CN(C)c3ccccc3-c3ccccc32)C=CCC1. The highest BCUT2D eigenvalue weighted by molar-refractivity contribution is 5.89. The molecule has 1 aliphatic carbocycles. The number of hydrogen-bond acceptors (Lipinski definition) is 2. The molecule has 0 fully saturated rings. The average Bonchev–Trinajstić information content (AvgIpc) is 2.72. The second kappa shape index (κ2) is 5.62. The third kappa shape index (κ3) is 2.35. The van der Waals surface area contributed by atoms with E-state index in [1.54, 1.807) is 0 Å². The lowest BCUT2D eigenvalue weighted by Crippen LogP contribution is -2.34. The van der Waals surface area contributed by atoms with E-state index < -0.39 is 0 Å². The van der Waals surface area contributed by atoms with Gasteiger partial charge in [0.2, 0.25) is 0 Å². The van der Waals surface area contributed by atoms with Crippen LogP contribution in [0.4, 0.5) is 11.4 Å². The van der Waals surface area contributed by atoms with E-state index in [2.05, 4.69) is 84.5 Å². The summed E-state index contributed by atoms with van der Waals surface area (Å²) in [5.74, 6) is 0. The van der Waals surface area contributed by atoms with Crippen LogP contribution in [0.5, 0.6) is 0 Å². The molecule has 0 saturated heterocycles. The normalized spacial score (nSPS) is 17.0. The molecule has 0 N–H and O–H groups in total. The monoisotopic (exact) mass is 302 g/mol. The Hall–Kier alpha value is -2.48. The van der Waals surface area contributed by atoms with Crippen molar-refractivity contribution in [3.8, 4) is 11.1 Å². The van der Waals surface area contributed by atoms with Gasteiger partial charge in [0.25, 0.3) is 0 Å². The molecule has 2 aromatic carbocycles. The fourth-order valence-electron chi connectivity index (χ4n) is 3.63. The van der Waals surface area contributed by atoms with Crippen molar-refractivity contribution in [1.29, 1.82) is 0 Å². The molecular formula is C21H22N2. The van der Waals surface area contributed by atoms with Crippen molar-refractivity contribution < 1.29 is 0 Å². The van der Waals surface area contributed by atoms with Crippen LogP contribution in [-0.2, 0) is 0 Å². The van der Waals surface area contributed by atoms with E-state index in [0.717, 1.165) is 19.5 Å². The maximum Gasteiger partial charge on any atom is 0.0949 e. The van der Waals surface area contributed by atoms with Gasteiger partial charge in [-0.3, -0.25) is 0 Å². The second-order valence-electron chi connectivity index (χ2n) is 6.41. The molecule has 0 spiro atoms. The first-order chi connectivity index (χ1) is 11.3. The molecule has 2 heteroatoms. The Morgan fingerprint density at radius 2 is 1.52 bits per heavy atom. The van der Waals surface area contributed by atoms with Crippen LogP contribution in [0.3, 0.4) is 0 Å². The Balaban J connectivity index is 1.93. The lowest BCUT2D eigenvalue weighted by Gasteiger charge is -2.32. The Morgan fingerprint density at radius 1 is 0.870 bits per heavy atom. The number of fused-ring (bicyclic) bond motifs is 3. The standard InChI is InChI=1S/C21H22N2/c1-16-9-3-6-12-19(16)23-15-22(2)20-13-7-4-10-17(20)18-11-5-8-14-21(18)23/h4-8,10-14H,3,9,15H2,1-2H3. The zero-order valence-corrected chi connectivity index (χ0v) is 13.8. The molecule has 116 valence electrons. The quantitative estimate of drug-likeness (QED) is 0.715. The Labute approximate surface area is 138 Å². The minimum Gasteiger partial charge on any atom is -0.356 e. The summed E-state index contributed by atoms with van der Waals surface area (Å²) >= 11 is 0. The molecule has 0 saturated carbocycles. The smallest absolute Gasteiger partial charge is 0.0949 e. The van der Waals surface area contributed by atoms with Crippen molar-refractivity contribution in [3.63, 3.8) is 0 Å². The van der Waals surface area contributed by atoms with Crippen molar-refractivity contribution in [2.24, 2.45) is 0 Å². The first kappa shape index (κ1) is 14.1. The van der Waals surface area contributed by atoms with Gasteiger partial charge in [0.15, 0.2) is 0 Å². The summed E-state index contributed by atoms with van der Waals surface area (Å²) in [6, 6.07) is 17.5. The second-order valence-corrected chi connectivity index (χ2v) is 6.41. The molecule has 23 heavy (non-hydrogen) atoms. The van der Waals surface area contributed by atoms with Gasteiger partial charge in [0.05, 0.1) is 12.4 Å². The van der Waals surface area contributed by atoms with Gasteiger partial charge in [-0.15, -0.1) is 0 Å². The van der Waals surface area contributed by atoms with Crippen LogP contribution in [0, 0.1) is 0 Å². The van der Waals surface area contributed by atoms with Gasteiger partial charge in [-0.05, 0) is 43.5 Å². The van der Waals surface area contributed by atoms with Crippen molar-refractivity contribution in [2.45, 2.75) is 19.8 Å². The minimum absolute atomic E-state index is 0.866. The molecule has 4 rings (SSSR count). The highest BCUT2D eigenvalue weighted by Crippen LogP contribution is 2.42. The highest BCUT2D eigenvalue weighted by Gasteiger charge is 2.24. The van der Waals surface area contributed by atoms with Gasteiger partial charge in [-0.1, -0.05) is 42.5 Å². The van der Waals surface area contributed by atoms with Crippen LogP contribution in [0.1, 0.15) is 19.8 Å². The highest BCUT2D eigenvalue weighted by atomic mass is 15.3. The van der Waals surface area contributed by atoms with Crippen LogP contribution in [-0.4, -0.2) is 13.7 Å². The first-order valence-corrected chi connectivity index (χ1v) is 8.29. The number of benzene rings is 2. The van der Waals surface area contributed by atoms with Crippen LogP contribution >= 0.6 is 0 Å². The summed E-state index contributed by atoms with van der Waals surface area (Å²) in [7, 11) is 2.18. The molecule has 2 aromatic rings. The van der Waals surface area contributed by atoms with E-state index >= 15 is 0 Å². The number of rotatable bonds is 1. The Kier molecular flexibility index (Phi) is 3.45. The fraction of sp³-hybridized carbons (Fsp3) is 0.238. The predicted octanol–water partition coefficient (Wildman–Crippen LogP) is 5.19. The van der Waals surface area contributed by atoms with Gasteiger partial charge in [0, 0.05) is 29.6 Å². The van der Waals surface area contributed by atoms with Gasteiger partial charge in [-0.25, -0.2) is 0 Å². The van der Waals surface area contributed by atoms with E-state index in [9.17, 15) is 0 Å². The van der Waals surface area contributed by atoms with E-state index in [1.807, 2.05) is 0 Å². The van der Waals surface area contributed by atoms with Crippen molar-refractivity contribution in [3.05, 3.63) is 72.0 Å². The van der Waals surface area contributed by atoms with Gasteiger partial charge in [0.1, 0.15) is 0 Å². The van der Waals surface area contributed by atoms with Crippen LogP contribution in [0.2, 0.25) is 0 Å². The average molecular weight is 302 g/mol. The molecule has 1 aliphatic heterocycles. The number of nitrogens with zero attached hydrogens (tertiary/aromatic N) is 2. The maximum atomic E-state index is 2.46. The molecule has 0 atom stereocenters. The lowest BCUT2D eigenvalue weighted by atomic mass is 9.99. The molecule has 2 nitrogen and oxygen atoms in total. The summed E-state index contributed by atoms with van der Waals surface area (Å²) in [6.45, 7) is 3.13. The molecule has 0 amide bonds. The van der Waals surface area contributed by atoms with E-state index in [4.69, 9.17) is 0 Å². The fourth-order valence-corrected chi connectivity index (χ4v) is 3.63. The van der Waals surface area contributed by atoms with Crippen LogP contribution in [0.15, 0.2) is 72.0 Å². The van der Waals surface area contributed by atoms with E-state index in [0.29, 0.717) is 0 Å². The molecule has 2 aliphatic rings. The third-order valence-electron chi connectivity index (χ3n) is 4.84. The molecular weight excluding hydrogens is 280 g/mol. The van der Waals surface area contributed by atoms with E-state index in [-0.39, 0.29) is 0 Å². The summed E-state index contributed by atoms with van der Waals surface area (Å²) in [5, 5.41) is 0. The van der Waals surface area contributed by atoms with Gasteiger partial charge >= 0.3 is 0 Å². The van der Waals surface area contributed by atoms with Crippen LogP contribution < -0.4 is 9.80 Å². The Bertz CT molecular complexity index is 801. The molecule has 0 aromatic heterocycles. The number of allylic oxidation sites excluding steroid dienone is 3.